The van der Waals surface area contributed by atoms with Crippen molar-refractivity contribution < 1.29 is 0 Å². The molecule has 6 heteroatoms. The van der Waals surface area contributed by atoms with Crippen molar-refractivity contribution in [1.82, 2.24) is 19.9 Å². The minimum Gasteiger partial charge on any atom is -0.354 e. The molecule has 2 atom stereocenters. The van der Waals surface area contributed by atoms with Gasteiger partial charge in [-0.15, -0.1) is 0 Å². The van der Waals surface area contributed by atoms with E-state index in [1.807, 2.05) is 0 Å². The van der Waals surface area contributed by atoms with Gasteiger partial charge >= 0.3 is 0 Å². The third-order valence-electron chi connectivity index (χ3n) is 3.87. The highest BCUT2D eigenvalue weighted by molar-refractivity contribution is 6.28. The average Bonchev–Trinajstić information content (AvgIpc) is 2.79. The average molecular weight is 266 g/mol. The number of piperidine rings is 1. The second-order valence-corrected chi connectivity index (χ2v) is 5.44. The number of H-pyrrole nitrogens is 1. The van der Waals surface area contributed by atoms with Gasteiger partial charge in [-0.1, -0.05) is 13.8 Å². The second kappa shape index (κ2) is 4.39. The quantitative estimate of drug-likeness (QED) is 0.805. The number of anilines is 1. The molecular weight excluding hydrogens is 250 g/mol. The summed E-state index contributed by atoms with van der Waals surface area (Å²) in [6.45, 7) is 6.60. The van der Waals surface area contributed by atoms with Crippen molar-refractivity contribution in [3.8, 4) is 0 Å². The van der Waals surface area contributed by atoms with Gasteiger partial charge in [-0.05, 0) is 29.9 Å². The molecule has 0 spiro atoms. The highest BCUT2D eigenvalue weighted by Gasteiger charge is 2.25. The monoisotopic (exact) mass is 265 g/mol. The maximum atomic E-state index is 5.96. The lowest BCUT2D eigenvalue weighted by Crippen LogP contribution is -2.39. The van der Waals surface area contributed by atoms with Crippen molar-refractivity contribution in [1.29, 1.82) is 0 Å². The van der Waals surface area contributed by atoms with Gasteiger partial charge in [-0.2, -0.15) is 9.97 Å². The Kier molecular flexibility index (Phi) is 2.86. The lowest BCUT2D eigenvalue weighted by Gasteiger charge is -2.36. The Hall–Kier alpha value is -1.36. The molecule has 0 aromatic carbocycles. The fourth-order valence-corrected chi connectivity index (χ4v) is 2.64. The summed E-state index contributed by atoms with van der Waals surface area (Å²) in [6.07, 6.45) is 2.81. The number of aromatic amines is 1. The van der Waals surface area contributed by atoms with E-state index in [-0.39, 0.29) is 5.28 Å². The smallest absolute Gasteiger partial charge is 0.226 e. The maximum Gasteiger partial charge on any atom is 0.226 e. The molecule has 0 amide bonds. The van der Waals surface area contributed by atoms with E-state index in [9.17, 15) is 0 Å². The van der Waals surface area contributed by atoms with Crippen LogP contribution in [0.15, 0.2) is 6.33 Å². The van der Waals surface area contributed by atoms with Gasteiger partial charge in [0.05, 0.1) is 6.33 Å². The maximum absolute atomic E-state index is 5.96. The molecule has 3 heterocycles. The van der Waals surface area contributed by atoms with Crippen LogP contribution in [-0.2, 0) is 0 Å². The summed E-state index contributed by atoms with van der Waals surface area (Å²) < 4.78 is 0. The number of halogens is 1. The summed E-state index contributed by atoms with van der Waals surface area (Å²) in [5.74, 6) is 2.29. The zero-order valence-electron chi connectivity index (χ0n) is 10.5. The molecule has 0 aliphatic carbocycles. The summed E-state index contributed by atoms with van der Waals surface area (Å²) in [6, 6.07) is 0. The Morgan fingerprint density at radius 3 is 2.94 bits per heavy atom. The third-order valence-corrected chi connectivity index (χ3v) is 4.04. The van der Waals surface area contributed by atoms with Gasteiger partial charge in [0.2, 0.25) is 5.28 Å². The summed E-state index contributed by atoms with van der Waals surface area (Å²) in [7, 11) is 0. The molecule has 5 nitrogen and oxygen atoms in total. The summed E-state index contributed by atoms with van der Waals surface area (Å²) in [5, 5.41) is 0.260. The standard InChI is InChI=1S/C12H16ClN5/c1-7-3-4-18(5-8(7)2)11-9-10(15-6-14-9)16-12(13)17-11/h6-8H,3-5H2,1-2H3,(H,14,15,16,17). The van der Waals surface area contributed by atoms with Crippen LogP contribution in [0, 0.1) is 11.8 Å². The van der Waals surface area contributed by atoms with E-state index in [1.165, 1.54) is 6.42 Å². The van der Waals surface area contributed by atoms with Gasteiger partial charge in [0, 0.05) is 13.1 Å². The summed E-state index contributed by atoms with van der Waals surface area (Å²) in [4.78, 5) is 18.0. The number of aromatic nitrogens is 4. The fourth-order valence-electron chi connectivity index (χ4n) is 2.48. The van der Waals surface area contributed by atoms with Crippen LogP contribution in [0.25, 0.3) is 11.2 Å². The summed E-state index contributed by atoms with van der Waals surface area (Å²) in [5.41, 5.74) is 1.51. The van der Waals surface area contributed by atoms with Crippen molar-refractivity contribution >= 4 is 28.6 Å². The predicted molar refractivity (Wildman–Crippen MR) is 71.9 cm³/mol. The number of nitrogens with one attached hydrogen (secondary N) is 1. The van der Waals surface area contributed by atoms with Crippen molar-refractivity contribution in [2.45, 2.75) is 20.3 Å². The Labute approximate surface area is 111 Å². The minimum atomic E-state index is 0.260. The molecule has 1 saturated heterocycles. The lowest BCUT2D eigenvalue weighted by atomic mass is 9.89. The number of fused-ring (bicyclic) bond motifs is 1. The minimum absolute atomic E-state index is 0.260. The van der Waals surface area contributed by atoms with E-state index >= 15 is 0 Å². The van der Waals surface area contributed by atoms with Gasteiger partial charge < -0.3 is 9.88 Å². The first-order chi connectivity index (χ1) is 8.65. The zero-order valence-corrected chi connectivity index (χ0v) is 11.3. The molecule has 96 valence electrons. The first-order valence-electron chi connectivity index (χ1n) is 6.26. The topological polar surface area (TPSA) is 57.7 Å². The predicted octanol–water partition coefficient (Wildman–Crippen LogP) is 2.49. The van der Waals surface area contributed by atoms with Gasteiger partial charge in [-0.3, -0.25) is 0 Å². The van der Waals surface area contributed by atoms with E-state index < -0.39 is 0 Å². The number of hydrogen-bond acceptors (Lipinski definition) is 4. The number of imidazole rings is 1. The van der Waals surface area contributed by atoms with Crippen LogP contribution in [-0.4, -0.2) is 33.0 Å². The second-order valence-electron chi connectivity index (χ2n) is 5.11. The SMILES string of the molecule is CC1CCN(c2nc(Cl)nc3nc[nH]c23)CC1C. The van der Waals surface area contributed by atoms with E-state index in [2.05, 4.69) is 38.7 Å². The molecule has 2 aromatic heterocycles. The number of rotatable bonds is 1. The van der Waals surface area contributed by atoms with Crippen LogP contribution < -0.4 is 4.90 Å². The lowest BCUT2D eigenvalue weighted by molar-refractivity contribution is 0.323. The van der Waals surface area contributed by atoms with Crippen LogP contribution in [0.4, 0.5) is 5.82 Å². The first kappa shape index (κ1) is 11.7. The summed E-state index contributed by atoms with van der Waals surface area (Å²) >= 11 is 5.96. The van der Waals surface area contributed by atoms with Gasteiger partial charge in [-0.25, -0.2) is 4.98 Å². The van der Waals surface area contributed by atoms with E-state index in [0.717, 1.165) is 30.3 Å². The van der Waals surface area contributed by atoms with Gasteiger partial charge in [0.25, 0.3) is 0 Å². The normalized spacial score (nSPS) is 24.7. The molecule has 2 unspecified atom stereocenters. The molecule has 3 rings (SSSR count). The highest BCUT2D eigenvalue weighted by Crippen LogP contribution is 2.29. The zero-order chi connectivity index (χ0) is 12.7. The molecule has 18 heavy (non-hydrogen) atoms. The van der Waals surface area contributed by atoms with Crippen LogP contribution in [0.3, 0.4) is 0 Å². The van der Waals surface area contributed by atoms with Gasteiger partial charge in [0.1, 0.15) is 5.52 Å². The third kappa shape index (κ3) is 1.92. The largest absolute Gasteiger partial charge is 0.354 e. The molecule has 1 aliphatic rings. The van der Waals surface area contributed by atoms with E-state index in [1.54, 1.807) is 6.33 Å². The molecule has 1 aliphatic heterocycles. The Morgan fingerprint density at radius 1 is 1.33 bits per heavy atom. The van der Waals surface area contributed by atoms with Crippen LogP contribution in [0.5, 0.6) is 0 Å². The molecular formula is C12H16ClN5. The van der Waals surface area contributed by atoms with Crippen molar-refractivity contribution in [2.24, 2.45) is 11.8 Å². The van der Waals surface area contributed by atoms with E-state index in [4.69, 9.17) is 11.6 Å². The number of hydrogen-bond donors (Lipinski definition) is 1. The van der Waals surface area contributed by atoms with Crippen molar-refractivity contribution in [3.05, 3.63) is 11.6 Å². The molecule has 1 N–H and O–H groups in total. The Morgan fingerprint density at radius 2 is 2.17 bits per heavy atom. The van der Waals surface area contributed by atoms with Crippen LogP contribution in [0.1, 0.15) is 20.3 Å². The molecule has 1 fully saturated rings. The molecule has 0 bridgehead atoms. The molecule has 0 radical (unpaired) electrons. The molecule has 2 aromatic rings. The Bertz CT molecular complexity index is 567. The first-order valence-corrected chi connectivity index (χ1v) is 6.64. The van der Waals surface area contributed by atoms with Gasteiger partial charge in [0.15, 0.2) is 11.5 Å². The van der Waals surface area contributed by atoms with Crippen LogP contribution >= 0.6 is 11.6 Å². The van der Waals surface area contributed by atoms with E-state index in [0.29, 0.717) is 11.6 Å². The Balaban J connectivity index is 2.01. The highest BCUT2D eigenvalue weighted by atomic mass is 35.5. The van der Waals surface area contributed by atoms with Crippen molar-refractivity contribution in [3.63, 3.8) is 0 Å². The van der Waals surface area contributed by atoms with Crippen LogP contribution in [0.2, 0.25) is 5.28 Å². The number of nitrogens with zero attached hydrogens (tertiary/aromatic N) is 4. The molecule has 0 saturated carbocycles. The fraction of sp³-hybridized carbons (Fsp3) is 0.583. The van der Waals surface area contributed by atoms with Crippen molar-refractivity contribution in [2.75, 3.05) is 18.0 Å².